The molecule has 1 saturated carbocycles. The van der Waals surface area contributed by atoms with E-state index >= 15 is 0 Å². The molecule has 0 amide bonds. The highest BCUT2D eigenvalue weighted by Crippen LogP contribution is 2.38. The van der Waals surface area contributed by atoms with Crippen molar-refractivity contribution in [2.24, 2.45) is 0 Å². The summed E-state index contributed by atoms with van der Waals surface area (Å²) in [6.07, 6.45) is -1.42. The van der Waals surface area contributed by atoms with Crippen LogP contribution >= 0.6 is 0 Å². The Labute approximate surface area is 186 Å². The minimum atomic E-state index is -4.48. The highest BCUT2D eigenvalue weighted by atomic mass is 32.2. The van der Waals surface area contributed by atoms with Gasteiger partial charge in [-0.25, -0.2) is 8.42 Å². The summed E-state index contributed by atoms with van der Waals surface area (Å²) in [5.41, 5.74) is -0.214. The third-order valence-corrected chi connectivity index (χ3v) is 8.14. The summed E-state index contributed by atoms with van der Waals surface area (Å²) >= 11 is 0. The van der Waals surface area contributed by atoms with Crippen molar-refractivity contribution in [3.63, 3.8) is 0 Å². The number of benzene rings is 2. The molecule has 0 atom stereocenters. The van der Waals surface area contributed by atoms with Crippen molar-refractivity contribution in [2.75, 3.05) is 20.2 Å². The Balaban J connectivity index is 1.44. The van der Waals surface area contributed by atoms with Crippen LogP contribution in [0.4, 0.5) is 13.2 Å². The Morgan fingerprint density at radius 2 is 1.62 bits per heavy atom. The van der Waals surface area contributed by atoms with E-state index in [0.29, 0.717) is 42.9 Å². The molecule has 1 heterocycles. The summed E-state index contributed by atoms with van der Waals surface area (Å²) in [5.74, 6) is -0.189. The van der Waals surface area contributed by atoms with Crippen LogP contribution in [0.5, 0.6) is 5.75 Å². The SMILES string of the molecule is COc1ccc(CN2CCC(N(C3CC3)S(=O)(=O)c3ccccc3)CC2)cc1C(F)(F)F. The molecule has 2 fully saturated rings. The molecule has 0 unspecified atom stereocenters. The number of piperidine rings is 1. The van der Waals surface area contributed by atoms with Crippen molar-refractivity contribution in [1.29, 1.82) is 0 Å². The van der Waals surface area contributed by atoms with Crippen molar-refractivity contribution in [3.8, 4) is 5.75 Å². The zero-order chi connectivity index (χ0) is 22.9. The Kier molecular flexibility index (Phi) is 6.51. The molecule has 2 aromatic carbocycles. The molecule has 32 heavy (non-hydrogen) atoms. The lowest BCUT2D eigenvalue weighted by Crippen LogP contribution is -2.48. The molecular weight excluding hydrogens is 441 g/mol. The largest absolute Gasteiger partial charge is 0.496 e. The fourth-order valence-electron chi connectivity index (χ4n) is 4.40. The topological polar surface area (TPSA) is 49.9 Å². The van der Waals surface area contributed by atoms with E-state index in [1.165, 1.54) is 13.2 Å². The predicted molar refractivity (Wildman–Crippen MR) is 115 cm³/mol. The van der Waals surface area contributed by atoms with E-state index in [0.717, 1.165) is 18.9 Å². The fourth-order valence-corrected chi connectivity index (χ4v) is 6.35. The van der Waals surface area contributed by atoms with Gasteiger partial charge in [0.15, 0.2) is 0 Å². The lowest BCUT2D eigenvalue weighted by molar-refractivity contribution is -0.138. The number of alkyl halides is 3. The summed E-state index contributed by atoms with van der Waals surface area (Å²) in [4.78, 5) is 2.39. The Morgan fingerprint density at radius 1 is 1.00 bits per heavy atom. The zero-order valence-corrected chi connectivity index (χ0v) is 18.7. The maximum absolute atomic E-state index is 13.3. The number of halogens is 3. The van der Waals surface area contributed by atoms with Gasteiger partial charge in [0.05, 0.1) is 17.6 Å². The van der Waals surface area contributed by atoms with E-state index in [-0.39, 0.29) is 17.8 Å². The molecule has 0 N–H and O–H groups in total. The van der Waals surface area contributed by atoms with Crippen LogP contribution in [0.1, 0.15) is 36.8 Å². The number of methoxy groups -OCH3 is 1. The van der Waals surface area contributed by atoms with E-state index in [1.807, 2.05) is 0 Å². The van der Waals surface area contributed by atoms with Gasteiger partial charge in [-0.15, -0.1) is 0 Å². The van der Waals surface area contributed by atoms with Crippen LogP contribution in [0.15, 0.2) is 53.4 Å². The summed E-state index contributed by atoms with van der Waals surface area (Å²) < 4.78 is 73.0. The van der Waals surface area contributed by atoms with Crippen LogP contribution in [0.2, 0.25) is 0 Å². The Hall–Kier alpha value is -2.10. The summed E-state index contributed by atoms with van der Waals surface area (Å²) in [7, 11) is -2.34. The van der Waals surface area contributed by atoms with Crippen molar-refractivity contribution >= 4 is 10.0 Å². The number of ether oxygens (including phenoxy) is 1. The number of nitrogens with zero attached hydrogens (tertiary/aromatic N) is 2. The van der Waals surface area contributed by atoms with Gasteiger partial charge in [0, 0.05) is 31.7 Å². The number of hydrogen-bond donors (Lipinski definition) is 0. The van der Waals surface area contributed by atoms with E-state index in [9.17, 15) is 21.6 Å². The minimum Gasteiger partial charge on any atom is -0.496 e. The van der Waals surface area contributed by atoms with Crippen molar-refractivity contribution < 1.29 is 26.3 Å². The number of rotatable bonds is 7. The first kappa shape index (κ1) is 23.1. The zero-order valence-electron chi connectivity index (χ0n) is 17.9. The monoisotopic (exact) mass is 468 g/mol. The van der Waals surface area contributed by atoms with Gasteiger partial charge in [0.2, 0.25) is 10.0 Å². The Morgan fingerprint density at radius 3 is 2.19 bits per heavy atom. The van der Waals surface area contributed by atoms with Crippen LogP contribution in [-0.4, -0.2) is 49.9 Å². The predicted octanol–water partition coefficient (Wildman–Crippen LogP) is 4.53. The third-order valence-electron chi connectivity index (χ3n) is 6.12. The molecule has 5 nitrogen and oxygen atoms in total. The summed E-state index contributed by atoms with van der Waals surface area (Å²) in [6, 6.07) is 12.6. The molecule has 0 bridgehead atoms. The summed E-state index contributed by atoms with van der Waals surface area (Å²) in [5, 5.41) is 0. The summed E-state index contributed by atoms with van der Waals surface area (Å²) in [6.45, 7) is 1.64. The second-order valence-corrected chi connectivity index (χ2v) is 10.3. The molecule has 9 heteroatoms. The van der Waals surface area contributed by atoms with E-state index in [1.54, 1.807) is 40.7 Å². The smallest absolute Gasteiger partial charge is 0.419 e. The second-order valence-electron chi connectivity index (χ2n) is 8.42. The molecule has 174 valence electrons. The van der Waals surface area contributed by atoms with Crippen LogP contribution in [0, 0.1) is 0 Å². The van der Waals surface area contributed by atoms with Crippen LogP contribution in [-0.2, 0) is 22.7 Å². The molecule has 4 rings (SSSR count). The number of likely N-dealkylation sites (tertiary alicyclic amines) is 1. The number of hydrogen-bond acceptors (Lipinski definition) is 4. The van der Waals surface area contributed by atoms with Gasteiger partial charge in [0.1, 0.15) is 5.75 Å². The average molecular weight is 469 g/mol. The van der Waals surface area contributed by atoms with Gasteiger partial charge in [-0.05, 0) is 55.5 Å². The molecular formula is C23H27F3N2O3S. The molecule has 2 aliphatic rings. The molecule has 1 aliphatic carbocycles. The van der Waals surface area contributed by atoms with Gasteiger partial charge in [-0.3, -0.25) is 4.90 Å². The first-order chi connectivity index (χ1) is 15.2. The van der Waals surface area contributed by atoms with E-state index in [4.69, 9.17) is 4.74 Å². The normalized spacial score (nSPS) is 18.8. The molecule has 0 aromatic heterocycles. The highest BCUT2D eigenvalue weighted by molar-refractivity contribution is 7.89. The van der Waals surface area contributed by atoms with Crippen LogP contribution in [0.3, 0.4) is 0 Å². The van der Waals surface area contributed by atoms with Gasteiger partial charge in [0.25, 0.3) is 0 Å². The van der Waals surface area contributed by atoms with Crippen molar-refractivity contribution in [2.45, 2.75) is 55.4 Å². The fraction of sp³-hybridized carbons (Fsp3) is 0.478. The van der Waals surface area contributed by atoms with Crippen molar-refractivity contribution in [1.82, 2.24) is 9.21 Å². The first-order valence-corrected chi connectivity index (χ1v) is 12.2. The van der Waals surface area contributed by atoms with Crippen LogP contribution < -0.4 is 4.74 Å². The van der Waals surface area contributed by atoms with Gasteiger partial charge in [-0.1, -0.05) is 24.3 Å². The second kappa shape index (κ2) is 9.03. The maximum atomic E-state index is 13.3. The van der Waals surface area contributed by atoms with Gasteiger partial charge in [-0.2, -0.15) is 17.5 Å². The molecule has 0 radical (unpaired) electrons. The van der Waals surface area contributed by atoms with E-state index in [2.05, 4.69) is 4.90 Å². The first-order valence-electron chi connectivity index (χ1n) is 10.7. The minimum absolute atomic E-state index is 0.0488. The van der Waals surface area contributed by atoms with Gasteiger partial charge < -0.3 is 4.74 Å². The molecule has 1 saturated heterocycles. The highest BCUT2D eigenvalue weighted by Gasteiger charge is 2.43. The van der Waals surface area contributed by atoms with Gasteiger partial charge >= 0.3 is 6.18 Å². The lowest BCUT2D eigenvalue weighted by Gasteiger charge is -2.38. The average Bonchev–Trinajstić information content (AvgIpc) is 3.60. The maximum Gasteiger partial charge on any atom is 0.419 e. The standard InChI is InChI=1S/C23H27F3N2O3S/c1-31-22-10-7-17(15-21(22)23(24,25)26)16-27-13-11-19(12-14-27)28(18-8-9-18)32(29,30)20-5-3-2-4-6-20/h2-7,10,15,18-19H,8-9,11-14,16H2,1H3. The lowest BCUT2D eigenvalue weighted by atomic mass is 10.0. The number of sulfonamides is 1. The third kappa shape index (κ3) is 4.94. The molecule has 2 aromatic rings. The van der Waals surface area contributed by atoms with Crippen LogP contribution in [0.25, 0.3) is 0 Å². The molecule has 0 spiro atoms. The molecule has 1 aliphatic heterocycles. The quantitative estimate of drug-likeness (QED) is 0.599. The van der Waals surface area contributed by atoms with Crippen molar-refractivity contribution in [3.05, 3.63) is 59.7 Å². The Bertz CT molecular complexity index is 1030. The van der Waals surface area contributed by atoms with E-state index < -0.39 is 21.8 Å².